The number of halogens is 2. The largest absolute Gasteiger partial charge is 0.387 e. The van der Waals surface area contributed by atoms with Crippen molar-refractivity contribution in [3.05, 3.63) is 34.1 Å². The smallest absolute Gasteiger partial charge is 0.124 e. The summed E-state index contributed by atoms with van der Waals surface area (Å²) in [5.74, 6) is -0.383. The topological polar surface area (TPSA) is 46.2 Å². The average Bonchev–Trinajstić information content (AvgIpc) is 2.01. The summed E-state index contributed by atoms with van der Waals surface area (Å²) in [4.78, 5) is 0. The van der Waals surface area contributed by atoms with Gasteiger partial charge < -0.3 is 10.8 Å². The van der Waals surface area contributed by atoms with E-state index in [1.54, 1.807) is 6.07 Å². The number of nitrogens with two attached hydrogens (primary N) is 1. The molecular formula is C8H9BrFNO. The summed E-state index contributed by atoms with van der Waals surface area (Å²) in [6.07, 6.45) is -0.794. The number of aliphatic hydroxyl groups is 1. The molecule has 0 aromatic heterocycles. The molecule has 0 aliphatic heterocycles. The maximum absolute atomic E-state index is 12.7. The van der Waals surface area contributed by atoms with E-state index in [0.29, 0.717) is 10.0 Å². The molecule has 0 aliphatic carbocycles. The minimum absolute atomic E-state index is 0.0931. The molecule has 4 heteroatoms. The van der Waals surface area contributed by atoms with E-state index in [-0.39, 0.29) is 12.4 Å². The zero-order valence-corrected chi connectivity index (χ0v) is 7.88. The molecule has 0 radical (unpaired) electrons. The summed E-state index contributed by atoms with van der Waals surface area (Å²) in [6, 6.07) is 4.23. The molecular weight excluding hydrogens is 225 g/mol. The number of rotatable bonds is 2. The van der Waals surface area contributed by atoms with E-state index in [2.05, 4.69) is 15.9 Å². The van der Waals surface area contributed by atoms with E-state index < -0.39 is 6.10 Å². The van der Waals surface area contributed by atoms with Crippen molar-refractivity contribution in [1.29, 1.82) is 0 Å². The van der Waals surface area contributed by atoms with Gasteiger partial charge in [-0.1, -0.05) is 15.9 Å². The van der Waals surface area contributed by atoms with Gasteiger partial charge in [-0.05, 0) is 23.8 Å². The van der Waals surface area contributed by atoms with Crippen LogP contribution in [0.2, 0.25) is 0 Å². The van der Waals surface area contributed by atoms with Gasteiger partial charge in [0.25, 0.3) is 0 Å². The first-order valence-electron chi connectivity index (χ1n) is 3.47. The summed E-state index contributed by atoms with van der Waals surface area (Å²) < 4.78 is 13.3. The highest BCUT2D eigenvalue weighted by molar-refractivity contribution is 9.10. The molecule has 1 atom stereocenters. The Bertz CT molecular complexity index is 260. The van der Waals surface area contributed by atoms with Gasteiger partial charge in [0.05, 0.1) is 6.10 Å². The summed E-state index contributed by atoms with van der Waals surface area (Å²) in [6.45, 7) is 0.0931. The lowest BCUT2D eigenvalue weighted by molar-refractivity contribution is 0.186. The van der Waals surface area contributed by atoms with Crippen LogP contribution in [-0.4, -0.2) is 11.7 Å². The van der Waals surface area contributed by atoms with Gasteiger partial charge in [0, 0.05) is 11.0 Å². The van der Waals surface area contributed by atoms with Gasteiger partial charge >= 0.3 is 0 Å². The van der Waals surface area contributed by atoms with E-state index in [4.69, 9.17) is 5.73 Å². The quantitative estimate of drug-likeness (QED) is 0.815. The fraction of sp³-hybridized carbons (Fsp3) is 0.250. The Morgan fingerprint density at radius 2 is 2.17 bits per heavy atom. The first-order chi connectivity index (χ1) is 5.63. The van der Waals surface area contributed by atoms with E-state index in [9.17, 15) is 9.50 Å². The lowest BCUT2D eigenvalue weighted by Gasteiger charge is -2.07. The number of hydrogen-bond donors (Lipinski definition) is 2. The first-order valence-corrected chi connectivity index (χ1v) is 4.27. The second-order valence-electron chi connectivity index (χ2n) is 2.45. The van der Waals surface area contributed by atoms with Crippen molar-refractivity contribution in [3.63, 3.8) is 0 Å². The molecule has 0 unspecified atom stereocenters. The molecule has 1 rings (SSSR count). The molecule has 1 aromatic rings. The molecule has 0 bridgehead atoms. The van der Waals surface area contributed by atoms with Crippen molar-refractivity contribution in [3.8, 4) is 0 Å². The van der Waals surface area contributed by atoms with Crippen molar-refractivity contribution < 1.29 is 9.50 Å². The Morgan fingerprint density at radius 1 is 1.50 bits per heavy atom. The lowest BCUT2D eigenvalue weighted by Crippen LogP contribution is -2.11. The number of hydrogen-bond acceptors (Lipinski definition) is 2. The summed E-state index contributed by atoms with van der Waals surface area (Å²) in [5.41, 5.74) is 5.71. The van der Waals surface area contributed by atoms with E-state index in [1.807, 2.05) is 0 Å². The standard InChI is InChI=1S/C8H9BrFNO/c9-6-1-5(8(12)4-11)2-7(10)3-6/h1-3,8,12H,4,11H2/t8-/m0/s1. The Morgan fingerprint density at radius 3 is 2.67 bits per heavy atom. The maximum atomic E-state index is 12.7. The normalized spacial score (nSPS) is 13.0. The van der Waals surface area contributed by atoms with Crippen molar-refractivity contribution >= 4 is 15.9 Å². The fourth-order valence-electron chi connectivity index (χ4n) is 0.904. The third-order valence-electron chi connectivity index (χ3n) is 1.49. The van der Waals surface area contributed by atoms with Crippen LogP contribution < -0.4 is 5.73 Å². The maximum Gasteiger partial charge on any atom is 0.124 e. The molecule has 1 aromatic carbocycles. The Labute approximate surface area is 78.3 Å². The third-order valence-corrected chi connectivity index (χ3v) is 1.95. The number of benzene rings is 1. The van der Waals surface area contributed by atoms with Gasteiger partial charge in [0.2, 0.25) is 0 Å². The molecule has 0 fully saturated rings. The second kappa shape index (κ2) is 3.98. The molecule has 3 N–H and O–H groups in total. The zero-order valence-electron chi connectivity index (χ0n) is 6.30. The molecule has 66 valence electrons. The van der Waals surface area contributed by atoms with Crippen molar-refractivity contribution in [2.24, 2.45) is 5.73 Å². The molecule has 2 nitrogen and oxygen atoms in total. The summed E-state index contributed by atoms with van der Waals surface area (Å²) in [5, 5.41) is 9.27. The van der Waals surface area contributed by atoms with Gasteiger partial charge in [-0.3, -0.25) is 0 Å². The van der Waals surface area contributed by atoms with Crippen LogP contribution in [0.3, 0.4) is 0 Å². The van der Waals surface area contributed by atoms with Gasteiger partial charge in [0.15, 0.2) is 0 Å². The predicted octanol–water partition coefficient (Wildman–Crippen LogP) is 1.58. The lowest BCUT2D eigenvalue weighted by atomic mass is 10.1. The van der Waals surface area contributed by atoms with Crippen molar-refractivity contribution in [2.45, 2.75) is 6.10 Å². The van der Waals surface area contributed by atoms with Crippen LogP contribution in [0.4, 0.5) is 4.39 Å². The highest BCUT2D eigenvalue weighted by atomic mass is 79.9. The Balaban J connectivity index is 3.00. The number of aliphatic hydroxyl groups excluding tert-OH is 1. The minimum Gasteiger partial charge on any atom is -0.387 e. The van der Waals surface area contributed by atoms with Gasteiger partial charge in [-0.25, -0.2) is 4.39 Å². The van der Waals surface area contributed by atoms with Crippen LogP contribution in [0.25, 0.3) is 0 Å². The van der Waals surface area contributed by atoms with Crippen LogP contribution in [0.5, 0.6) is 0 Å². The molecule has 0 aliphatic rings. The van der Waals surface area contributed by atoms with E-state index in [1.165, 1.54) is 12.1 Å². The highest BCUT2D eigenvalue weighted by Crippen LogP contribution is 2.19. The van der Waals surface area contributed by atoms with Gasteiger partial charge in [-0.15, -0.1) is 0 Å². The first kappa shape index (κ1) is 9.64. The van der Waals surface area contributed by atoms with Gasteiger partial charge in [-0.2, -0.15) is 0 Å². The molecule has 0 heterocycles. The third kappa shape index (κ3) is 2.27. The van der Waals surface area contributed by atoms with Crippen molar-refractivity contribution in [2.75, 3.05) is 6.54 Å². The highest BCUT2D eigenvalue weighted by Gasteiger charge is 2.06. The van der Waals surface area contributed by atoms with Crippen molar-refractivity contribution in [1.82, 2.24) is 0 Å². The van der Waals surface area contributed by atoms with Crippen LogP contribution >= 0.6 is 15.9 Å². The monoisotopic (exact) mass is 233 g/mol. The van der Waals surface area contributed by atoms with Crippen LogP contribution in [-0.2, 0) is 0 Å². The predicted molar refractivity (Wildman–Crippen MR) is 48.1 cm³/mol. The van der Waals surface area contributed by atoms with E-state index in [0.717, 1.165) is 0 Å². The Kier molecular flexibility index (Phi) is 3.20. The van der Waals surface area contributed by atoms with Crippen LogP contribution in [0, 0.1) is 5.82 Å². The molecule has 0 saturated heterocycles. The zero-order chi connectivity index (χ0) is 9.14. The molecule has 0 spiro atoms. The Hall–Kier alpha value is -0.450. The summed E-state index contributed by atoms with van der Waals surface area (Å²) >= 11 is 3.12. The van der Waals surface area contributed by atoms with Gasteiger partial charge in [0.1, 0.15) is 5.82 Å². The van der Waals surface area contributed by atoms with Crippen LogP contribution in [0.1, 0.15) is 11.7 Å². The molecule has 0 amide bonds. The second-order valence-corrected chi connectivity index (χ2v) is 3.37. The summed E-state index contributed by atoms with van der Waals surface area (Å²) in [7, 11) is 0. The molecule has 0 saturated carbocycles. The van der Waals surface area contributed by atoms with Crippen LogP contribution in [0.15, 0.2) is 22.7 Å². The minimum atomic E-state index is -0.794. The average molecular weight is 234 g/mol. The fourth-order valence-corrected chi connectivity index (χ4v) is 1.39. The van der Waals surface area contributed by atoms with E-state index >= 15 is 0 Å². The molecule has 12 heavy (non-hydrogen) atoms. The SMILES string of the molecule is NC[C@H](O)c1cc(F)cc(Br)c1.